The number of rotatable bonds is 4. The van der Waals surface area contributed by atoms with Crippen molar-refractivity contribution in [1.82, 2.24) is 9.97 Å². The summed E-state index contributed by atoms with van der Waals surface area (Å²) in [5, 5.41) is 5.75. The number of nitrogens with zero attached hydrogens (tertiary/aromatic N) is 2. The monoisotopic (exact) mass is 361 g/mol. The second-order valence-corrected chi connectivity index (χ2v) is 6.53. The molecule has 5 nitrogen and oxygen atoms in total. The smallest absolute Gasteiger partial charge is 0.339 e. The number of aromatic nitrogens is 2. The summed E-state index contributed by atoms with van der Waals surface area (Å²) in [6, 6.07) is 6.06. The lowest BCUT2D eigenvalue weighted by molar-refractivity contribution is 0.0529. The van der Waals surface area contributed by atoms with Crippen LogP contribution in [-0.2, 0) is 4.74 Å². The second kappa shape index (κ2) is 6.75. The van der Waals surface area contributed by atoms with Gasteiger partial charge >= 0.3 is 5.97 Å². The van der Waals surface area contributed by atoms with E-state index in [1.165, 1.54) is 16.9 Å². The van der Waals surface area contributed by atoms with Crippen molar-refractivity contribution in [3.8, 4) is 0 Å². The molecule has 0 aliphatic heterocycles. The van der Waals surface area contributed by atoms with E-state index in [1.54, 1.807) is 12.3 Å². The highest BCUT2D eigenvalue weighted by atomic mass is 35.5. The number of hydrogen-bond donors (Lipinski definition) is 1. The Bertz CT molecular complexity index is 924. The quantitative estimate of drug-likeness (QED) is 0.530. The largest absolute Gasteiger partial charge is 0.462 e. The summed E-state index contributed by atoms with van der Waals surface area (Å²) >= 11 is 7.37. The Morgan fingerprint density at radius 3 is 2.83 bits per heavy atom. The minimum atomic E-state index is -0.390. The zero-order valence-corrected chi connectivity index (χ0v) is 15.1. The van der Waals surface area contributed by atoms with Crippen LogP contribution >= 0.6 is 22.9 Å². The molecule has 2 heterocycles. The number of esters is 1. The number of anilines is 2. The van der Waals surface area contributed by atoms with Gasteiger partial charge in [-0.3, -0.25) is 0 Å². The van der Waals surface area contributed by atoms with Gasteiger partial charge in [-0.05, 0) is 44.0 Å². The molecule has 3 aromatic rings. The molecule has 0 unspecified atom stereocenters. The predicted octanol–water partition coefficient (Wildman–Crippen LogP) is 4.88. The van der Waals surface area contributed by atoms with Crippen LogP contribution in [0.4, 0.5) is 11.5 Å². The molecule has 0 spiro atoms. The van der Waals surface area contributed by atoms with Gasteiger partial charge in [-0.1, -0.05) is 17.7 Å². The van der Waals surface area contributed by atoms with E-state index in [9.17, 15) is 4.79 Å². The Morgan fingerprint density at radius 1 is 1.33 bits per heavy atom. The van der Waals surface area contributed by atoms with Crippen LogP contribution in [0.3, 0.4) is 0 Å². The number of benzene rings is 1. The van der Waals surface area contributed by atoms with E-state index in [2.05, 4.69) is 21.4 Å². The summed E-state index contributed by atoms with van der Waals surface area (Å²) in [6.07, 6.45) is 0. The van der Waals surface area contributed by atoms with Crippen molar-refractivity contribution in [2.24, 2.45) is 0 Å². The maximum atomic E-state index is 12.2. The van der Waals surface area contributed by atoms with E-state index in [4.69, 9.17) is 16.3 Å². The first-order chi connectivity index (χ1) is 11.5. The van der Waals surface area contributed by atoms with Crippen molar-refractivity contribution in [3.05, 3.63) is 45.6 Å². The van der Waals surface area contributed by atoms with Gasteiger partial charge in [-0.2, -0.15) is 4.98 Å². The van der Waals surface area contributed by atoms with Crippen molar-refractivity contribution in [2.75, 3.05) is 11.9 Å². The Kier molecular flexibility index (Phi) is 4.69. The fourth-order valence-corrected chi connectivity index (χ4v) is 3.57. The zero-order chi connectivity index (χ0) is 17.3. The van der Waals surface area contributed by atoms with Crippen molar-refractivity contribution >= 4 is 50.6 Å². The number of aryl methyl sites for hydroxylation is 2. The van der Waals surface area contributed by atoms with Gasteiger partial charge in [-0.25, -0.2) is 9.78 Å². The first-order valence-corrected chi connectivity index (χ1v) is 8.71. The summed E-state index contributed by atoms with van der Waals surface area (Å²) in [5.74, 6) is 0.111. The number of hydrogen-bond acceptors (Lipinski definition) is 6. The molecule has 0 fully saturated rings. The summed E-state index contributed by atoms with van der Waals surface area (Å²) in [5.41, 5.74) is 3.59. The molecular weight excluding hydrogens is 346 g/mol. The van der Waals surface area contributed by atoms with Gasteiger partial charge in [0.25, 0.3) is 0 Å². The number of carbonyl (C=O) groups excluding carboxylic acids is 1. The van der Waals surface area contributed by atoms with Crippen molar-refractivity contribution in [3.63, 3.8) is 0 Å². The molecule has 24 heavy (non-hydrogen) atoms. The molecule has 0 saturated heterocycles. The molecule has 7 heteroatoms. The molecule has 0 bridgehead atoms. The van der Waals surface area contributed by atoms with Crippen molar-refractivity contribution < 1.29 is 9.53 Å². The molecule has 0 aliphatic rings. The van der Waals surface area contributed by atoms with Crippen molar-refractivity contribution in [1.29, 1.82) is 0 Å². The third-order valence-electron chi connectivity index (χ3n) is 3.54. The number of ether oxygens (including phenoxy) is 1. The maximum absolute atomic E-state index is 12.2. The summed E-state index contributed by atoms with van der Waals surface area (Å²) in [6.45, 7) is 6.13. The first-order valence-electron chi connectivity index (χ1n) is 7.45. The Morgan fingerprint density at radius 2 is 2.12 bits per heavy atom. The summed E-state index contributed by atoms with van der Waals surface area (Å²) in [7, 11) is 0. The third kappa shape index (κ3) is 3.20. The fourth-order valence-electron chi connectivity index (χ4n) is 2.45. The average molecular weight is 362 g/mol. The molecule has 0 aliphatic carbocycles. The third-order valence-corrected chi connectivity index (χ3v) is 4.58. The van der Waals surface area contributed by atoms with Crippen LogP contribution in [0.5, 0.6) is 0 Å². The lowest BCUT2D eigenvalue weighted by Crippen LogP contribution is -2.06. The van der Waals surface area contributed by atoms with Gasteiger partial charge in [0.15, 0.2) is 0 Å². The van der Waals surface area contributed by atoms with E-state index >= 15 is 0 Å². The molecule has 3 rings (SSSR count). The van der Waals surface area contributed by atoms with Gasteiger partial charge in [0, 0.05) is 11.1 Å². The van der Waals surface area contributed by atoms with Crippen LogP contribution in [0.25, 0.3) is 10.2 Å². The Labute approximate surface area is 148 Å². The number of thiophene rings is 1. The topological polar surface area (TPSA) is 64.1 Å². The van der Waals surface area contributed by atoms with Crippen LogP contribution in [0.1, 0.15) is 28.4 Å². The van der Waals surface area contributed by atoms with Gasteiger partial charge in [0.05, 0.1) is 17.6 Å². The fraction of sp³-hybridized carbons (Fsp3) is 0.235. The zero-order valence-electron chi connectivity index (χ0n) is 13.5. The van der Waals surface area contributed by atoms with Gasteiger partial charge in [0.1, 0.15) is 10.6 Å². The van der Waals surface area contributed by atoms with Crippen LogP contribution in [0.15, 0.2) is 23.6 Å². The Balaban J connectivity index is 2.12. The first kappa shape index (κ1) is 16.7. The molecule has 2 aromatic heterocycles. The van der Waals surface area contributed by atoms with Gasteiger partial charge < -0.3 is 10.1 Å². The molecule has 124 valence electrons. The summed E-state index contributed by atoms with van der Waals surface area (Å²) < 4.78 is 5.12. The minimum absolute atomic E-state index is 0.132. The normalized spacial score (nSPS) is 10.8. The molecule has 0 saturated carbocycles. The number of carbonyl (C=O) groups is 1. The lowest BCUT2D eigenvalue weighted by Gasteiger charge is -2.11. The SMILES string of the molecule is CCOC(=O)c1csc2nc(Cl)nc(Nc3ccc(C)cc3C)c12. The van der Waals surface area contributed by atoms with Crippen LogP contribution < -0.4 is 5.32 Å². The average Bonchev–Trinajstić information content (AvgIpc) is 2.94. The number of nitrogens with one attached hydrogen (secondary N) is 1. The minimum Gasteiger partial charge on any atom is -0.462 e. The van der Waals surface area contributed by atoms with Gasteiger partial charge in [-0.15, -0.1) is 11.3 Å². The highest BCUT2D eigenvalue weighted by Crippen LogP contribution is 2.33. The van der Waals surface area contributed by atoms with E-state index in [0.717, 1.165) is 11.3 Å². The second-order valence-electron chi connectivity index (χ2n) is 5.33. The maximum Gasteiger partial charge on any atom is 0.339 e. The van der Waals surface area contributed by atoms with Gasteiger partial charge in [0.2, 0.25) is 5.28 Å². The number of fused-ring (bicyclic) bond motifs is 1. The molecule has 0 atom stereocenters. The molecule has 1 aromatic carbocycles. The van der Waals surface area contributed by atoms with E-state index in [-0.39, 0.29) is 5.28 Å². The lowest BCUT2D eigenvalue weighted by atomic mass is 10.1. The highest BCUT2D eigenvalue weighted by Gasteiger charge is 2.20. The Hall–Kier alpha value is -2.18. The van der Waals surface area contributed by atoms with Crippen LogP contribution in [0, 0.1) is 13.8 Å². The summed E-state index contributed by atoms with van der Waals surface area (Å²) in [4.78, 5) is 21.3. The van der Waals surface area contributed by atoms with E-state index < -0.39 is 5.97 Å². The molecule has 1 N–H and O–H groups in total. The van der Waals surface area contributed by atoms with E-state index in [1.807, 2.05) is 26.0 Å². The van der Waals surface area contributed by atoms with Crippen LogP contribution in [0.2, 0.25) is 5.28 Å². The molecular formula is C17H16ClN3O2S. The number of halogens is 1. The molecule has 0 radical (unpaired) electrons. The van der Waals surface area contributed by atoms with Crippen LogP contribution in [-0.4, -0.2) is 22.5 Å². The van der Waals surface area contributed by atoms with E-state index in [0.29, 0.717) is 28.2 Å². The molecule has 0 amide bonds. The standard InChI is InChI=1S/C17H16ClN3O2S/c1-4-23-16(22)11-8-24-15-13(11)14(20-17(18)21-15)19-12-6-5-9(2)7-10(12)3/h5-8H,4H2,1-3H3,(H,19,20,21). The van der Waals surface area contributed by atoms with Crippen molar-refractivity contribution in [2.45, 2.75) is 20.8 Å². The predicted molar refractivity (Wildman–Crippen MR) is 97.6 cm³/mol. The highest BCUT2D eigenvalue weighted by molar-refractivity contribution is 7.17.